The molecule has 2 aromatic rings. The van der Waals surface area contributed by atoms with E-state index in [0.29, 0.717) is 0 Å². The highest BCUT2D eigenvalue weighted by atomic mass is 35.5. The van der Waals surface area contributed by atoms with Crippen molar-refractivity contribution in [1.82, 2.24) is 9.78 Å². The van der Waals surface area contributed by atoms with Gasteiger partial charge in [0.2, 0.25) is 0 Å². The van der Waals surface area contributed by atoms with Crippen LogP contribution in [0.5, 0.6) is 0 Å². The van der Waals surface area contributed by atoms with Crippen LogP contribution >= 0.6 is 11.6 Å². The largest absolute Gasteiger partial charge is 0.478 e. The van der Waals surface area contributed by atoms with Gasteiger partial charge in [-0.2, -0.15) is 5.10 Å². The minimum atomic E-state index is -0.989. The summed E-state index contributed by atoms with van der Waals surface area (Å²) in [5.41, 5.74) is 0.712. The number of aromatic nitrogens is 2. The third kappa shape index (κ3) is 2.82. The first-order chi connectivity index (χ1) is 8.99. The normalized spacial score (nSPS) is 12.1. The van der Waals surface area contributed by atoms with E-state index in [2.05, 4.69) is 5.10 Å². The van der Waals surface area contributed by atoms with E-state index in [1.54, 1.807) is 19.1 Å². The molecule has 1 aromatic heterocycles. The maximum absolute atomic E-state index is 11.7. The number of rotatable bonds is 3. The number of carboxylic acids is 1. The minimum absolute atomic E-state index is 0.197. The van der Waals surface area contributed by atoms with Crippen molar-refractivity contribution < 1.29 is 9.90 Å². The number of carbonyl (C=O) groups is 1. The van der Waals surface area contributed by atoms with Gasteiger partial charge in [0.25, 0.3) is 5.56 Å². The molecule has 5 nitrogen and oxygen atoms in total. The van der Waals surface area contributed by atoms with Crippen LogP contribution in [-0.4, -0.2) is 20.9 Å². The lowest BCUT2D eigenvalue weighted by molar-refractivity contribution is 0.0697. The molecule has 0 aliphatic carbocycles. The highest BCUT2D eigenvalue weighted by molar-refractivity contribution is 6.29. The smallest absolute Gasteiger partial charge is 0.335 e. The summed E-state index contributed by atoms with van der Waals surface area (Å²) in [6.45, 7) is 1.79. The fraction of sp³-hybridized carbons (Fsp3) is 0.154. The lowest BCUT2D eigenvalue weighted by Crippen LogP contribution is -2.25. The zero-order valence-electron chi connectivity index (χ0n) is 10.1. The Kier molecular flexibility index (Phi) is 3.66. The number of hydrogen-bond acceptors (Lipinski definition) is 3. The second-order valence-electron chi connectivity index (χ2n) is 4.04. The SMILES string of the molecule is CC(c1ccc(C(=O)O)cc1)n1nc(Cl)ccc1=O. The Balaban J connectivity index is 2.38. The van der Waals surface area contributed by atoms with Crippen LogP contribution in [0.25, 0.3) is 0 Å². The molecule has 1 heterocycles. The molecule has 0 amide bonds. The highest BCUT2D eigenvalue weighted by Gasteiger charge is 2.12. The van der Waals surface area contributed by atoms with Crippen molar-refractivity contribution >= 4 is 17.6 Å². The van der Waals surface area contributed by atoms with Gasteiger partial charge in [-0.3, -0.25) is 4.79 Å². The molecule has 0 bridgehead atoms. The fourth-order valence-electron chi connectivity index (χ4n) is 1.72. The van der Waals surface area contributed by atoms with Crippen molar-refractivity contribution in [3.8, 4) is 0 Å². The summed E-state index contributed by atoms with van der Waals surface area (Å²) in [4.78, 5) is 22.5. The molecule has 2 rings (SSSR count). The quantitative estimate of drug-likeness (QED) is 0.934. The molecule has 6 heteroatoms. The van der Waals surface area contributed by atoms with E-state index in [1.165, 1.54) is 28.9 Å². The molecule has 1 N–H and O–H groups in total. The second kappa shape index (κ2) is 5.24. The summed E-state index contributed by atoms with van der Waals surface area (Å²) in [6, 6.07) is 8.74. The molecule has 19 heavy (non-hydrogen) atoms. The third-order valence-corrected chi connectivity index (χ3v) is 3.00. The van der Waals surface area contributed by atoms with Crippen LogP contribution < -0.4 is 5.56 Å². The number of nitrogens with zero attached hydrogens (tertiary/aromatic N) is 2. The molecule has 1 unspecified atom stereocenters. The molecule has 1 atom stereocenters. The van der Waals surface area contributed by atoms with Crippen LogP contribution in [0.1, 0.15) is 28.9 Å². The number of aromatic carboxylic acids is 1. The van der Waals surface area contributed by atoms with Crippen LogP contribution in [0.3, 0.4) is 0 Å². The summed E-state index contributed by atoms with van der Waals surface area (Å²) < 4.78 is 1.26. The van der Waals surface area contributed by atoms with E-state index in [1.807, 2.05) is 0 Å². The van der Waals surface area contributed by atoms with Gasteiger partial charge in [0.05, 0.1) is 11.6 Å². The fourth-order valence-corrected chi connectivity index (χ4v) is 1.87. The zero-order valence-corrected chi connectivity index (χ0v) is 10.8. The van der Waals surface area contributed by atoms with Crippen LogP contribution in [0.2, 0.25) is 5.15 Å². The standard InChI is InChI=1S/C13H11ClN2O3/c1-8(16-12(17)7-6-11(14)15-16)9-2-4-10(5-3-9)13(18)19/h2-8H,1H3,(H,18,19). The molecule has 0 saturated carbocycles. The van der Waals surface area contributed by atoms with Gasteiger partial charge in [0.1, 0.15) is 5.15 Å². The Labute approximate surface area is 114 Å². The predicted octanol–water partition coefficient (Wildman–Crippen LogP) is 2.20. The molecular weight excluding hydrogens is 268 g/mol. The van der Waals surface area contributed by atoms with Gasteiger partial charge in [0.15, 0.2) is 0 Å². The third-order valence-electron chi connectivity index (χ3n) is 2.80. The number of hydrogen-bond donors (Lipinski definition) is 1. The van der Waals surface area contributed by atoms with Crippen molar-refractivity contribution in [1.29, 1.82) is 0 Å². The van der Waals surface area contributed by atoms with Gasteiger partial charge in [0, 0.05) is 6.07 Å². The molecule has 0 aliphatic rings. The van der Waals surface area contributed by atoms with Crippen LogP contribution in [0, 0.1) is 0 Å². The summed E-state index contributed by atoms with van der Waals surface area (Å²) >= 11 is 5.77. The summed E-state index contributed by atoms with van der Waals surface area (Å²) in [6.07, 6.45) is 0. The van der Waals surface area contributed by atoms with E-state index < -0.39 is 5.97 Å². The summed E-state index contributed by atoms with van der Waals surface area (Å²) in [7, 11) is 0. The first-order valence-corrected chi connectivity index (χ1v) is 5.95. The van der Waals surface area contributed by atoms with E-state index in [9.17, 15) is 9.59 Å². The van der Waals surface area contributed by atoms with Crippen molar-refractivity contribution in [2.75, 3.05) is 0 Å². The lowest BCUT2D eigenvalue weighted by atomic mass is 10.1. The molecule has 0 aliphatic heterocycles. The Bertz CT molecular complexity index is 664. The number of carboxylic acid groups (broad SMARTS) is 1. The second-order valence-corrected chi connectivity index (χ2v) is 4.43. The predicted molar refractivity (Wildman–Crippen MR) is 70.7 cm³/mol. The summed E-state index contributed by atoms with van der Waals surface area (Å²) in [5.74, 6) is -0.989. The van der Waals surface area contributed by atoms with Crippen LogP contribution in [-0.2, 0) is 0 Å². The van der Waals surface area contributed by atoms with Crippen molar-refractivity contribution in [2.45, 2.75) is 13.0 Å². The van der Waals surface area contributed by atoms with Gasteiger partial charge < -0.3 is 5.11 Å². The molecular formula is C13H11ClN2O3. The van der Waals surface area contributed by atoms with Gasteiger partial charge in [-0.25, -0.2) is 9.48 Å². The van der Waals surface area contributed by atoms with Gasteiger partial charge in [-0.15, -0.1) is 0 Å². The van der Waals surface area contributed by atoms with Gasteiger partial charge >= 0.3 is 5.97 Å². The molecule has 0 radical (unpaired) electrons. The Morgan fingerprint density at radius 3 is 2.47 bits per heavy atom. The minimum Gasteiger partial charge on any atom is -0.478 e. The van der Waals surface area contributed by atoms with E-state index >= 15 is 0 Å². The Hall–Kier alpha value is -2.14. The van der Waals surface area contributed by atoms with Crippen molar-refractivity contribution in [3.63, 3.8) is 0 Å². The summed E-state index contributed by atoms with van der Waals surface area (Å²) in [5, 5.41) is 13.0. The Morgan fingerprint density at radius 1 is 1.26 bits per heavy atom. The monoisotopic (exact) mass is 278 g/mol. The topological polar surface area (TPSA) is 72.2 Å². The molecule has 1 aromatic carbocycles. The Morgan fingerprint density at radius 2 is 1.89 bits per heavy atom. The van der Waals surface area contributed by atoms with Crippen molar-refractivity contribution in [2.24, 2.45) is 0 Å². The van der Waals surface area contributed by atoms with Gasteiger partial charge in [-0.05, 0) is 30.7 Å². The lowest BCUT2D eigenvalue weighted by Gasteiger charge is -2.14. The molecule has 0 spiro atoms. The molecule has 0 saturated heterocycles. The molecule has 0 fully saturated rings. The molecule has 98 valence electrons. The van der Waals surface area contributed by atoms with E-state index in [0.717, 1.165) is 5.56 Å². The van der Waals surface area contributed by atoms with E-state index in [-0.39, 0.29) is 22.3 Å². The average molecular weight is 279 g/mol. The zero-order chi connectivity index (χ0) is 14.0. The first kappa shape index (κ1) is 13.3. The average Bonchev–Trinajstić information content (AvgIpc) is 2.41. The van der Waals surface area contributed by atoms with Crippen LogP contribution in [0.4, 0.5) is 0 Å². The first-order valence-electron chi connectivity index (χ1n) is 5.57. The van der Waals surface area contributed by atoms with E-state index in [4.69, 9.17) is 16.7 Å². The number of benzene rings is 1. The van der Waals surface area contributed by atoms with Crippen LogP contribution in [0.15, 0.2) is 41.2 Å². The number of halogens is 1. The van der Waals surface area contributed by atoms with Crippen molar-refractivity contribution in [3.05, 3.63) is 63.0 Å². The highest BCUT2D eigenvalue weighted by Crippen LogP contribution is 2.16. The maximum Gasteiger partial charge on any atom is 0.335 e. The van der Waals surface area contributed by atoms with Gasteiger partial charge in [-0.1, -0.05) is 23.7 Å². The maximum atomic E-state index is 11.7.